The number of aromatic nitrogens is 1. The minimum absolute atomic E-state index is 0.177. The quantitative estimate of drug-likeness (QED) is 0.265. The standard InChI is InChI=1S/C20H11ClFN3O4/c21-15-8-12(22)4-6-14(15)20-24-16-9-13(5-7-18(16)29-20)23-10-11-2-1-3-17(19(11)26)25(27)28/h1-10,26H. The van der Waals surface area contributed by atoms with Gasteiger partial charge >= 0.3 is 5.69 Å². The minimum atomic E-state index is -0.670. The van der Waals surface area contributed by atoms with Gasteiger partial charge in [-0.3, -0.25) is 15.1 Å². The van der Waals surface area contributed by atoms with Gasteiger partial charge < -0.3 is 9.52 Å². The van der Waals surface area contributed by atoms with Crippen LogP contribution in [0.4, 0.5) is 15.8 Å². The van der Waals surface area contributed by atoms with Crippen molar-refractivity contribution in [1.82, 2.24) is 4.98 Å². The van der Waals surface area contributed by atoms with Crippen LogP contribution in [0.2, 0.25) is 5.02 Å². The van der Waals surface area contributed by atoms with Gasteiger partial charge in [0.2, 0.25) is 11.6 Å². The molecule has 0 unspecified atom stereocenters. The largest absolute Gasteiger partial charge is 0.502 e. The van der Waals surface area contributed by atoms with Crippen LogP contribution < -0.4 is 0 Å². The van der Waals surface area contributed by atoms with Crippen LogP contribution in [-0.4, -0.2) is 21.2 Å². The van der Waals surface area contributed by atoms with Gasteiger partial charge in [0.15, 0.2) is 5.58 Å². The Morgan fingerprint density at radius 3 is 2.79 bits per heavy atom. The molecule has 7 nitrogen and oxygen atoms in total. The SMILES string of the molecule is O=[N+]([O-])c1cccc(C=Nc2ccc3oc(-c4ccc(F)cc4Cl)nc3c2)c1O. The Morgan fingerprint density at radius 1 is 1.21 bits per heavy atom. The van der Waals surface area contributed by atoms with Gasteiger partial charge in [-0.1, -0.05) is 17.7 Å². The average Bonchev–Trinajstić information content (AvgIpc) is 3.09. The molecule has 0 aliphatic rings. The zero-order valence-electron chi connectivity index (χ0n) is 14.5. The van der Waals surface area contributed by atoms with Crippen molar-refractivity contribution in [2.75, 3.05) is 0 Å². The molecule has 9 heteroatoms. The summed E-state index contributed by atoms with van der Waals surface area (Å²) in [7, 11) is 0. The second-order valence-electron chi connectivity index (χ2n) is 6.03. The number of hydrogen-bond acceptors (Lipinski definition) is 6. The number of phenolic OH excluding ortho intramolecular Hbond substituents is 1. The van der Waals surface area contributed by atoms with Crippen LogP contribution >= 0.6 is 11.6 Å². The number of fused-ring (bicyclic) bond motifs is 1. The summed E-state index contributed by atoms with van der Waals surface area (Å²) in [5.41, 5.74) is 1.74. The molecule has 144 valence electrons. The van der Waals surface area contributed by atoms with Gasteiger partial charge in [-0.15, -0.1) is 0 Å². The molecule has 0 bridgehead atoms. The number of benzene rings is 3. The first-order valence-corrected chi connectivity index (χ1v) is 8.66. The molecule has 0 amide bonds. The van der Waals surface area contributed by atoms with Crippen LogP contribution in [0.3, 0.4) is 0 Å². The van der Waals surface area contributed by atoms with Gasteiger partial charge in [0.25, 0.3) is 0 Å². The van der Waals surface area contributed by atoms with Gasteiger partial charge in [-0.05, 0) is 42.5 Å². The summed E-state index contributed by atoms with van der Waals surface area (Å²) < 4.78 is 18.9. The van der Waals surface area contributed by atoms with E-state index in [2.05, 4.69) is 9.98 Å². The topological polar surface area (TPSA) is 102 Å². The lowest BCUT2D eigenvalue weighted by atomic mass is 10.2. The van der Waals surface area contributed by atoms with E-state index in [1.807, 2.05) is 0 Å². The molecule has 3 aromatic carbocycles. The first kappa shape index (κ1) is 18.6. The highest BCUT2D eigenvalue weighted by Gasteiger charge is 2.15. The van der Waals surface area contributed by atoms with E-state index >= 15 is 0 Å². The van der Waals surface area contributed by atoms with Gasteiger partial charge in [0, 0.05) is 17.8 Å². The number of halogens is 2. The van der Waals surface area contributed by atoms with E-state index in [9.17, 15) is 19.6 Å². The van der Waals surface area contributed by atoms with Gasteiger partial charge in [0.05, 0.1) is 21.2 Å². The number of rotatable bonds is 4. The molecular weight excluding hydrogens is 401 g/mol. The van der Waals surface area contributed by atoms with Crippen LogP contribution in [0.5, 0.6) is 5.75 Å². The average molecular weight is 412 g/mol. The van der Waals surface area contributed by atoms with Crippen molar-refractivity contribution in [3.8, 4) is 17.2 Å². The van der Waals surface area contributed by atoms with E-state index in [4.69, 9.17) is 16.0 Å². The fourth-order valence-electron chi connectivity index (χ4n) is 2.72. The van der Waals surface area contributed by atoms with E-state index in [0.29, 0.717) is 22.4 Å². The molecule has 4 aromatic rings. The molecule has 0 radical (unpaired) electrons. The number of phenols is 1. The maximum atomic E-state index is 13.2. The van der Waals surface area contributed by atoms with E-state index in [1.54, 1.807) is 18.2 Å². The first-order valence-electron chi connectivity index (χ1n) is 8.29. The van der Waals surface area contributed by atoms with Crippen molar-refractivity contribution >= 4 is 40.3 Å². The number of aromatic hydroxyl groups is 1. The summed E-state index contributed by atoms with van der Waals surface area (Å²) in [6.07, 6.45) is 1.32. The molecule has 0 fully saturated rings. The van der Waals surface area contributed by atoms with Crippen LogP contribution in [0, 0.1) is 15.9 Å². The number of oxazole rings is 1. The van der Waals surface area contributed by atoms with E-state index < -0.39 is 22.2 Å². The number of nitro benzene ring substituents is 1. The Bertz CT molecular complexity index is 1290. The fourth-order valence-corrected chi connectivity index (χ4v) is 2.97. The van der Waals surface area contributed by atoms with Crippen molar-refractivity contribution in [3.05, 3.63) is 81.1 Å². The Labute approximate surface area is 167 Å². The Morgan fingerprint density at radius 2 is 2.03 bits per heavy atom. The molecule has 0 saturated heterocycles. The smallest absolute Gasteiger partial charge is 0.311 e. The maximum absolute atomic E-state index is 13.2. The zero-order valence-corrected chi connectivity index (χ0v) is 15.3. The number of para-hydroxylation sites is 1. The molecule has 29 heavy (non-hydrogen) atoms. The summed E-state index contributed by atoms with van der Waals surface area (Å²) in [6.45, 7) is 0. The predicted octanol–water partition coefficient (Wildman–Crippen LogP) is 5.65. The molecule has 0 aliphatic carbocycles. The lowest BCUT2D eigenvalue weighted by molar-refractivity contribution is -0.385. The molecule has 1 N–H and O–H groups in total. The van der Waals surface area contributed by atoms with Crippen LogP contribution in [0.1, 0.15) is 5.56 Å². The van der Waals surface area contributed by atoms with Crippen LogP contribution in [-0.2, 0) is 0 Å². The molecule has 4 rings (SSSR count). The third-order valence-electron chi connectivity index (χ3n) is 4.13. The number of hydrogen-bond donors (Lipinski definition) is 1. The van der Waals surface area contributed by atoms with Crippen molar-refractivity contribution in [2.24, 2.45) is 4.99 Å². The van der Waals surface area contributed by atoms with Crippen molar-refractivity contribution in [1.29, 1.82) is 0 Å². The molecule has 0 atom stereocenters. The second kappa shape index (κ2) is 7.33. The number of aliphatic imine (C=N–C) groups is 1. The summed E-state index contributed by atoms with van der Waals surface area (Å²) in [5.74, 6) is -0.685. The van der Waals surface area contributed by atoms with E-state index in [1.165, 1.54) is 42.6 Å². The number of nitrogens with zero attached hydrogens (tertiary/aromatic N) is 3. The summed E-state index contributed by atoms with van der Waals surface area (Å²) in [5, 5.41) is 21.1. The Kier molecular flexibility index (Phi) is 4.69. The third kappa shape index (κ3) is 3.65. The Hall–Kier alpha value is -3.78. The third-order valence-corrected chi connectivity index (χ3v) is 4.44. The molecule has 0 spiro atoms. The van der Waals surface area contributed by atoms with E-state index in [-0.39, 0.29) is 16.5 Å². The number of nitro groups is 1. The van der Waals surface area contributed by atoms with Crippen molar-refractivity contribution in [3.63, 3.8) is 0 Å². The monoisotopic (exact) mass is 411 g/mol. The second-order valence-corrected chi connectivity index (χ2v) is 6.43. The lowest BCUT2D eigenvalue weighted by Gasteiger charge is -1.99. The normalized spacial score (nSPS) is 11.4. The molecule has 1 heterocycles. The minimum Gasteiger partial charge on any atom is -0.502 e. The van der Waals surface area contributed by atoms with Crippen molar-refractivity contribution in [2.45, 2.75) is 0 Å². The molecule has 1 aromatic heterocycles. The van der Waals surface area contributed by atoms with Gasteiger partial charge in [-0.2, -0.15) is 0 Å². The van der Waals surface area contributed by atoms with Crippen molar-refractivity contribution < 1.29 is 18.8 Å². The summed E-state index contributed by atoms with van der Waals surface area (Å²) in [4.78, 5) is 18.8. The Balaban J connectivity index is 1.67. The highest BCUT2D eigenvalue weighted by atomic mass is 35.5. The molecule has 0 saturated carbocycles. The van der Waals surface area contributed by atoms with Gasteiger partial charge in [0.1, 0.15) is 11.3 Å². The fraction of sp³-hybridized carbons (Fsp3) is 0. The zero-order chi connectivity index (χ0) is 20.5. The summed E-state index contributed by atoms with van der Waals surface area (Å²) in [6, 6.07) is 13.0. The van der Waals surface area contributed by atoms with Gasteiger partial charge in [-0.25, -0.2) is 9.37 Å². The van der Waals surface area contributed by atoms with Crippen LogP contribution in [0.25, 0.3) is 22.6 Å². The predicted molar refractivity (Wildman–Crippen MR) is 106 cm³/mol. The highest BCUT2D eigenvalue weighted by molar-refractivity contribution is 6.33. The lowest BCUT2D eigenvalue weighted by Crippen LogP contribution is -1.91. The maximum Gasteiger partial charge on any atom is 0.311 e. The first-order chi connectivity index (χ1) is 13.9. The van der Waals surface area contributed by atoms with Crippen LogP contribution in [0.15, 0.2) is 64.0 Å². The molecule has 0 aliphatic heterocycles. The van der Waals surface area contributed by atoms with E-state index in [0.717, 1.165) is 0 Å². The highest BCUT2D eigenvalue weighted by Crippen LogP contribution is 2.32. The molecular formula is C20H11ClFN3O4. The summed E-state index contributed by atoms with van der Waals surface area (Å²) >= 11 is 6.06.